The fourth-order valence-corrected chi connectivity index (χ4v) is 10.2. The van der Waals surface area contributed by atoms with E-state index in [-0.39, 0.29) is 53.5 Å². The van der Waals surface area contributed by atoms with E-state index in [1.165, 1.54) is 35.0 Å². The predicted octanol–water partition coefficient (Wildman–Crippen LogP) is 10.6. The first-order valence-corrected chi connectivity index (χ1v) is 28.3. The van der Waals surface area contributed by atoms with E-state index in [1.807, 2.05) is 95.3 Å². The third-order valence-electron chi connectivity index (χ3n) is 11.1. The molecule has 14 nitrogen and oxygen atoms in total. The van der Waals surface area contributed by atoms with Crippen LogP contribution >= 0.6 is 10.7 Å². The molecule has 0 bridgehead atoms. The van der Waals surface area contributed by atoms with Crippen LogP contribution in [-0.2, 0) is 51.0 Å². The molecule has 0 spiro atoms. The molecule has 6 rings (SSSR count). The van der Waals surface area contributed by atoms with Gasteiger partial charge in [0.15, 0.2) is 0 Å². The number of esters is 2. The first-order chi connectivity index (χ1) is 34.1. The molecule has 0 saturated carbocycles. The smallest absolute Gasteiger partial charge is 0.306 e. The summed E-state index contributed by atoms with van der Waals surface area (Å²) < 4.78 is 71.8. The molecular weight excluding hydrogens is 992 g/mol. The molecule has 2 heterocycles. The molecule has 17 heteroatoms. The molecule has 0 aliphatic carbocycles. The number of carbonyl (C=O) groups excluding carboxylic acids is 2. The molecule has 0 amide bonds. The number of furan rings is 2. The van der Waals surface area contributed by atoms with Gasteiger partial charge in [-0.15, -0.1) is 0 Å². The number of hydrogen-bond acceptors (Lipinski definition) is 13. The summed E-state index contributed by atoms with van der Waals surface area (Å²) in [6.45, 7) is 20.5. The van der Waals surface area contributed by atoms with Gasteiger partial charge in [0, 0.05) is 52.9 Å². The maximum absolute atomic E-state index is 13.7. The summed E-state index contributed by atoms with van der Waals surface area (Å²) in [7, 11) is -2.38. The van der Waals surface area contributed by atoms with Gasteiger partial charge in [-0.25, -0.2) is 16.8 Å². The number of nitrogens with one attached hydrogen (secondary N) is 1. The van der Waals surface area contributed by atoms with Gasteiger partial charge in [-0.3, -0.25) is 9.59 Å². The van der Waals surface area contributed by atoms with E-state index in [0.29, 0.717) is 41.9 Å². The van der Waals surface area contributed by atoms with Gasteiger partial charge < -0.3 is 33.8 Å². The number of rotatable bonds is 21. The van der Waals surface area contributed by atoms with Crippen LogP contribution in [0.4, 0.5) is 0 Å². The average molecular weight is 1070 g/mol. The SMILES string of the molecule is CC(C)CN(C[C@@H](O)[C@@H](CC(=O)OC(C)(C)C)Cc1ccccc1)S(=O)(=O)c1ccc2occc2c1.CC(C)CNC[C@@H](O)[C@@H](CC(=O)OC(C)(C)C)Cc1ccccc1.O=S(=O)(Cl)c1ccc2occc2c1. The van der Waals surface area contributed by atoms with Crippen LogP contribution in [0.2, 0.25) is 0 Å². The molecule has 0 aliphatic heterocycles. The van der Waals surface area contributed by atoms with E-state index < -0.39 is 54.4 Å². The normalized spacial score (nSPS) is 14.0. The number of ether oxygens (including phenoxy) is 2. The Morgan fingerprint density at radius 3 is 1.47 bits per heavy atom. The summed E-state index contributed by atoms with van der Waals surface area (Å²) in [6, 6.07) is 32.1. The zero-order valence-electron chi connectivity index (χ0n) is 43.8. The van der Waals surface area contributed by atoms with Gasteiger partial charge in [0.2, 0.25) is 10.0 Å². The van der Waals surface area contributed by atoms with E-state index in [1.54, 1.807) is 51.1 Å². The van der Waals surface area contributed by atoms with Gasteiger partial charge in [-0.1, -0.05) is 88.4 Å². The van der Waals surface area contributed by atoms with Crippen molar-refractivity contribution < 1.29 is 54.9 Å². The topological polar surface area (TPSA) is 203 Å². The van der Waals surface area contributed by atoms with Gasteiger partial charge in [0.05, 0.1) is 47.4 Å². The summed E-state index contributed by atoms with van der Waals surface area (Å²) in [6.07, 6.45) is 2.61. The van der Waals surface area contributed by atoms with E-state index in [0.717, 1.165) is 23.1 Å². The van der Waals surface area contributed by atoms with Crippen LogP contribution in [0.1, 0.15) is 93.2 Å². The first-order valence-electron chi connectivity index (χ1n) is 24.6. The van der Waals surface area contributed by atoms with Crippen LogP contribution in [0.15, 0.2) is 140 Å². The van der Waals surface area contributed by atoms with Crippen molar-refractivity contribution in [3.63, 3.8) is 0 Å². The van der Waals surface area contributed by atoms with Gasteiger partial charge in [-0.05, 0) is 132 Å². The number of halogens is 1. The Bertz CT molecular complexity index is 2850. The molecule has 4 atom stereocenters. The Morgan fingerprint density at radius 2 is 1.04 bits per heavy atom. The van der Waals surface area contributed by atoms with Crippen molar-refractivity contribution in [2.45, 2.75) is 128 Å². The average Bonchev–Trinajstić information content (AvgIpc) is 3.97. The lowest BCUT2D eigenvalue weighted by Gasteiger charge is -2.30. The second kappa shape index (κ2) is 27.5. The molecule has 0 aliphatic rings. The number of carbonyl (C=O) groups is 2. The lowest BCUT2D eigenvalue weighted by Crippen LogP contribution is -2.43. The van der Waals surface area contributed by atoms with Gasteiger partial charge in [0.1, 0.15) is 22.4 Å². The molecule has 400 valence electrons. The Morgan fingerprint density at radius 1 is 0.603 bits per heavy atom. The number of sulfonamides is 1. The highest BCUT2D eigenvalue weighted by Gasteiger charge is 2.33. The number of nitrogens with zero attached hydrogens (tertiary/aromatic N) is 1. The van der Waals surface area contributed by atoms with E-state index in [2.05, 4.69) is 19.2 Å². The largest absolute Gasteiger partial charge is 0.464 e. The minimum absolute atomic E-state index is 0.0239. The highest BCUT2D eigenvalue weighted by molar-refractivity contribution is 8.13. The number of aliphatic hydroxyl groups is 2. The van der Waals surface area contributed by atoms with Crippen molar-refractivity contribution in [3.8, 4) is 0 Å². The zero-order chi connectivity index (χ0) is 54.1. The number of fused-ring (bicyclic) bond motifs is 2. The van der Waals surface area contributed by atoms with Crippen molar-refractivity contribution in [3.05, 3.63) is 133 Å². The lowest BCUT2D eigenvalue weighted by atomic mass is 9.90. The Labute approximate surface area is 436 Å². The highest BCUT2D eigenvalue weighted by atomic mass is 35.7. The maximum atomic E-state index is 13.7. The molecule has 73 heavy (non-hydrogen) atoms. The number of hydrogen-bond donors (Lipinski definition) is 3. The van der Waals surface area contributed by atoms with Crippen molar-refractivity contribution in [1.82, 2.24) is 9.62 Å². The monoisotopic (exact) mass is 1070 g/mol. The Hall–Kier alpha value is -5.07. The number of aliphatic hydroxyl groups excluding tert-OH is 2. The second-order valence-electron chi connectivity index (χ2n) is 21.1. The highest BCUT2D eigenvalue weighted by Crippen LogP contribution is 2.27. The Balaban J connectivity index is 0.000000266. The molecule has 0 radical (unpaired) electrons. The number of benzene rings is 4. The van der Waals surface area contributed by atoms with E-state index in [4.69, 9.17) is 29.0 Å². The molecule has 0 fully saturated rings. The van der Waals surface area contributed by atoms with Crippen molar-refractivity contribution in [2.75, 3.05) is 26.2 Å². The summed E-state index contributed by atoms with van der Waals surface area (Å²) in [5, 5.41) is 26.6. The van der Waals surface area contributed by atoms with Crippen molar-refractivity contribution in [1.29, 1.82) is 0 Å². The van der Waals surface area contributed by atoms with Crippen LogP contribution < -0.4 is 5.32 Å². The zero-order valence-corrected chi connectivity index (χ0v) is 46.2. The first kappa shape index (κ1) is 60.5. The quantitative estimate of drug-likeness (QED) is 0.0454. The van der Waals surface area contributed by atoms with E-state index >= 15 is 0 Å². The van der Waals surface area contributed by atoms with E-state index in [9.17, 15) is 36.6 Å². The van der Waals surface area contributed by atoms with Gasteiger partial charge in [-0.2, -0.15) is 4.31 Å². The van der Waals surface area contributed by atoms with Crippen LogP contribution in [0.5, 0.6) is 0 Å². The van der Waals surface area contributed by atoms with Gasteiger partial charge in [0.25, 0.3) is 9.05 Å². The molecule has 6 aromatic rings. The molecule has 0 unspecified atom stereocenters. The summed E-state index contributed by atoms with van der Waals surface area (Å²) in [5.74, 6) is -0.818. The fraction of sp³-hybridized carbons (Fsp3) is 0.464. The van der Waals surface area contributed by atoms with Crippen LogP contribution in [-0.4, -0.2) is 92.9 Å². The van der Waals surface area contributed by atoms with Crippen molar-refractivity contribution >= 4 is 63.6 Å². The van der Waals surface area contributed by atoms with Gasteiger partial charge >= 0.3 is 11.9 Å². The van der Waals surface area contributed by atoms with Crippen molar-refractivity contribution in [2.24, 2.45) is 23.7 Å². The molecular formula is C56H75ClN2O12S2. The molecule has 4 aromatic carbocycles. The third-order valence-corrected chi connectivity index (χ3v) is 14.3. The standard InChI is InChI=1S/C28H37NO6S.C20H33NO3.C8H5ClO3S/c1-20(2)18-29(36(32,33)24-11-12-26-22(16-24)13-14-34-26)19-25(30)23(15-21-9-7-6-8-10-21)17-27(31)35-28(3,4)5;1-15(2)13-21-14-18(22)17(11-16-9-7-6-8-10-16)12-19(23)24-20(3,4)5;9-13(10,11)7-1-2-8-6(5-7)3-4-12-8/h6-14,16,20,23,25,30H,15,17-19H2,1-5H3;6-10,15,17-18,21-22H,11-14H2,1-5H3;1-5H/t23-,25-;17-,18-;/m11./s1. The Kier molecular flexibility index (Phi) is 22.8. The molecule has 0 saturated heterocycles. The minimum atomic E-state index is -3.91. The minimum Gasteiger partial charge on any atom is -0.464 e. The van der Waals surface area contributed by atoms with Crippen LogP contribution in [0.3, 0.4) is 0 Å². The molecule has 2 aromatic heterocycles. The summed E-state index contributed by atoms with van der Waals surface area (Å²) in [4.78, 5) is 25.1. The third kappa shape index (κ3) is 21.4. The fourth-order valence-electron chi connectivity index (χ4n) is 7.79. The lowest BCUT2D eigenvalue weighted by molar-refractivity contribution is -0.158. The predicted molar refractivity (Wildman–Crippen MR) is 287 cm³/mol. The summed E-state index contributed by atoms with van der Waals surface area (Å²) >= 11 is 0. The maximum Gasteiger partial charge on any atom is 0.306 e. The van der Waals surface area contributed by atoms with Crippen LogP contribution in [0.25, 0.3) is 21.9 Å². The second-order valence-corrected chi connectivity index (χ2v) is 25.6. The summed E-state index contributed by atoms with van der Waals surface area (Å²) in [5.41, 5.74) is 2.16. The molecule has 3 N–H and O–H groups in total. The van der Waals surface area contributed by atoms with Crippen LogP contribution in [0, 0.1) is 23.7 Å².